The molecule has 23 heavy (non-hydrogen) atoms. The summed E-state index contributed by atoms with van der Waals surface area (Å²) in [7, 11) is 1.37. The van der Waals surface area contributed by atoms with E-state index in [9.17, 15) is 18.0 Å². The number of rotatable bonds is 2. The molecule has 0 bridgehead atoms. The molecule has 6 nitrogen and oxygen atoms in total. The van der Waals surface area contributed by atoms with Gasteiger partial charge in [-0.2, -0.15) is 18.3 Å². The Morgan fingerprint density at radius 2 is 2.00 bits per heavy atom. The van der Waals surface area contributed by atoms with Crippen LogP contribution < -0.4 is 9.47 Å². The van der Waals surface area contributed by atoms with Crippen LogP contribution in [-0.4, -0.2) is 34.1 Å². The maximum absolute atomic E-state index is 13.4. The van der Waals surface area contributed by atoms with Crippen molar-refractivity contribution < 1.29 is 32.5 Å². The van der Waals surface area contributed by atoms with Crippen molar-refractivity contribution in [3.05, 3.63) is 29.5 Å². The Hall–Kier alpha value is -2.71. The number of alkyl halides is 3. The lowest BCUT2D eigenvalue weighted by Crippen LogP contribution is -2.18. The third-order valence-corrected chi connectivity index (χ3v) is 3.37. The fraction of sp³-hybridized carbons (Fsp3) is 0.286. The predicted octanol–water partition coefficient (Wildman–Crippen LogP) is 2.58. The molecule has 0 amide bonds. The number of ether oxygens (including phenoxy) is 2. The maximum atomic E-state index is 13.4. The van der Waals surface area contributed by atoms with E-state index in [0.717, 1.165) is 16.8 Å². The predicted molar refractivity (Wildman–Crippen MR) is 71.6 cm³/mol. The van der Waals surface area contributed by atoms with Gasteiger partial charge in [0.25, 0.3) is 0 Å². The van der Waals surface area contributed by atoms with Gasteiger partial charge in [0.05, 0.1) is 16.8 Å². The van der Waals surface area contributed by atoms with Crippen LogP contribution in [0.25, 0.3) is 11.3 Å². The van der Waals surface area contributed by atoms with Gasteiger partial charge in [0.1, 0.15) is 13.2 Å². The highest BCUT2D eigenvalue weighted by Gasteiger charge is 2.38. The van der Waals surface area contributed by atoms with E-state index in [1.165, 1.54) is 13.1 Å². The number of hydrogen-bond donors (Lipinski definition) is 1. The topological polar surface area (TPSA) is 73.6 Å². The van der Waals surface area contributed by atoms with Crippen LogP contribution in [-0.2, 0) is 13.2 Å². The number of carbonyl (C=O) groups is 1. The van der Waals surface area contributed by atoms with Gasteiger partial charge in [-0.15, -0.1) is 0 Å². The molecular weight excluding hydrogens is 317 g/mol. The molecule has 9 heteroatoms. The quantitative estimate of drug-likeness (QED) is 0.917. The van der Waals surface area contributed by atoms with Gasteiger partial charge in [-0.1, -0.05) is 0 Å². The summed E-state index contributed by atoms with van der Waals surface area (Å²) in [4.78, 5) is 11.0. The second-order valence-electron chi connectivity index (χ2n) is 4.85. The van der Waals surface area contributed by atoms with E-state index >= 15 is 0 Å². The minimum Gasteiger partial charge on any atom is -0.486 e. The Morgan fingerprint density at radius 3 is 2.61 bits per heavy atom. The number of aromatic carboxylic acids is 1. The normalized spacial score (nSPS) is 13.9. The molecule has 0 saturated heterocycles. The van der Waals surface area contributed by atoms with Crippen molar-refractivity contribution in [1.29, 1.82) is 0 Å². The van der Waals surface area contributed by atoms with E-state index in [1.807, 2.05) is 0 Å². The molecule has 0 unspecified atom stereocenters. The third-order valence-electron chi connectivity index (χ3n) is 3.37. The van der Waals surface area contributed by atoms with Gasteiger partial charge < -0.3 is 14.6 Å². The molecule has 1 aromatic heterocycles. The summed E-state index contributed by atoms with van der Waals surface area (Å²) in [5.41, 5.74) is -1.60. The van der Waals surface area contributed by atoms with Gasteiger partial charge in [-0.3, -0.25) is 4.68 Å². The van der Waals surface area contributed by atoms with Crippen LogP contribution in [0.5, 0.6) is 11.5 Å². The third kappa shape index (κ3) is 2.58. The summed E-state index contributed by atoms with van der Waals surface area (Å²) < 4.78 is 51.8. The molecule has 0 radical (unpaired) electrons. The smallest absolute Gasteiger partial charge is 0.417 e. The molecule has 0 atom stereocenters. The van der Waals surface area contributed by atoms with Gasteiger partial charge in [-0.25, -0.2) is 4.79 Å². The zero-order valence-electron chi connectivity index (χ0n) is 11.8. The lowest BCUT2D eigenvalue weighted by atomic mass is 10.0. The summed E-state index contributed by atoms with van der Waals surface area (Å²) in [6.45, 7) is 0.328. The molecule has 1 aliphatic rings. The van der Waals surface area contributed by atoms with E-state index in [-0.39, 0.29) is 41.7 Å². The zero-order valence-corrected chi connectivity index (χ0v) is 11.8. The van der Waals surface area contributed by atoms with Crippen molar-refractivity contribution in [3.63, 3.8) is 0 Å². The van der Waals surface area contributed by atoms with Crippen molar-refractivity contribution in [2.24, 2.45) is 7.05 Å². The average Bonchev–Trinajstić information content (AvgIpc) is 2.87. The Kier molecular flexibility index (Phi) is 3.42. The number of aromatic nitrogens is 2. The van der Waals surface area contributed by atoms with Crippen LogP contribution in [0, 0.1) is 0 Å². The second kappa shape index (κ2) is 5.18. The first-order valence-corrected chi connectivity index (χ1v) is 6.56. The monoisotopic (exact) mass is 328 g/mol. The van der Waals surface area contributed by atoms with Gasteiger partial charge in [-0.05, 0) is 18.2 Å². The van der Waals surface area contributed by atoms with E-state index in [2.05, 4.69) is 5.10 Å². The fourth-order valence-electron chi connectivity index (χ4n) is 2.41. The SMILES string of the molecule is Cn1nc(C(=O)O)cc1-c1c(C(F)(F)F)ccc2c1OCCO2. The molecular formula is C14H11F3N2O4. The maximum Gasteiger partial charge on any atom is 0.417 e. The Labute approximate surface area is 128 Å². The molecule has 3 rings (SSSR count). The van der Waals surface area contributed by atoms with Crippen molar-refractivity contribution in [1.82, 2.24) is 9.78 Å². The molecule has 1 aromatic carbocycles. The van der Waals surface area contributed by atoms with Crippen LogP contribution in [0.4, 0.5) is 13.2 Å². The first-order chi connectivity index (χ1) is 10.8. The second-order valence-corrected chi connectivity index (χ2v) is 4.85. The molecule has 2 heterocycles. The molecule has 0 fully saturated rings. The van der Waals surface area contributed by atoms with Crippen molar-refractivity contribution in [2.75, 3.05) is 13.2 Å². The van der Waals surface area contributed by atoms with Gasteiger partial charge in [0.15, 0.2) is 17.2 Å². The average molecular weight is 328 g/mol. The largest absolute Gasteiger partial charge is 0.486 e. The number of hydrogen-bond acceptors (Lipinski definition) is 4. The molecule has 122 valence electrons. The highest BCUT2D eigenvalue weighted by molar-refractivity contribution is 5.88. The van der Waals surface area contributed by atoms with E-state index in [1.54, 1.807) is 0 Å². The number of carboxylic acids is 1. The summed E-state index contributed by atoms with van der Waals surface area (Å²) in [5, 5.41) is 12.7. The van der Waals surface area contributed by atoms with Crippen LogP contribution in [0.1, 0.15) is 16.1 Å². The highest BCUT2D eigenvalue weighted by Crippen LogP contribution is 2.47. The standard InChI is InChI=1S/C14H11F3N2O4/c1-19-9(6-8(18-19)13(20)21)11-7(14(15,16)17)2-3-10-12(11)23-5-4-22-10/h2-3,6H,4-5H2,1H3,(H,20,21). The zero-order chi connectivity index (χ0) is 16.8. The van der Waals surface area contributed by atoms with Crippen molar-refractivity contribution in [2.45, 2.75) is 6.18 Å². The van der Waals surface area contributed by atoms with Crippen LogP contribution in [0.2, 0.25) is 0 Å². The minimum absolute atomic E-state index is 0.0166. The molecule has 0 saturated carbocycles. The summed E-state index contributed by atoms with van der Waals surface area (Å²) in [5.74, 6) is -1.22. The summed E-state index contributed by atoms with van der Waals surface area (Å²) >= 11 is 0. The summed E-state index contributed by atoms with van der Waals surface area (Å²) in [6.07, 6.45) is -4.64. The lowest BCUT2D eigenvalue weighted by Gasteiger charge is -2.23. The first-order valence-electron chi connectivity index (χ1n) is 6.56. The van der Waals surface area contributed by atoms with Crippen LogP contribution >= 0.6 is 0 Å². The first kappa shape index (κ1) is 15.2. The minimum atomic E-state index is -4.64. The van der Waals surface area contributed by atoms with Crippen molar-refractivity contribution in [3.8, 4) is 22.8 Å². The van der Waals surface area contributed by atoms with E-state index in [4.69, 9.17) is 14.6 Å². The Balaban J connectivity index is 2.30. The van der Waals surface area contributed by atoms with Gasteiger partial charge >= 0.3 is 12.1 Å². The Bertz CT molecular complexity index is 783. The van der Waals surface area contributed by atoms with E-state index in [0.29, 0.717) is 0 Å². The van der Waals surface area contributed by atoms with Gasteiger partial charge in [0.2, 0.25) is 0 Å². The van der Waals surface area contributed by atoms with Crippen LogP contribution in [0.3, 0.4) is 0 Å². The van der Waals surface area contributed by atoms with Crippen LogP contribution in [0.15, 0.2) is 18.2 Å². The number of carboxylic acid groups (broad SMARTS) is 1. The fourth-order valence-corrected chi connectivity index (χ4v) is 2.41. The number of nitrogens with zero attached hydrogens (tertiary/aromatic N) is 2. The molecule has 1 N–H and O–H groups in total. The number of aryl methyl sites for hydroxylation is 1. The number of halogens is 3. The van der Waals surface area contributed by atoms with Crippen molar-refractivity contribution >= 4 is 5.97 Å². The lowest BCUT2D eigenvalue weighted by molar-refractivity contribution is -0.137. The molecule has 2 aromatic rings. The van der Waals surface area contributed by atoms with E-state index < -0.39 is 17.7 Å². The molecule has 0 aliphatic carbocycles. The number of fused-ring (bicyclic) bond motifs is 1. The molecule has 1 aliphatic heterocycles. The number of benzene rings is 1. The van der Waals surface area contributed by atoms with Gasteiger partial charge in [0, 0.05) is 7.05 Å². The Morgan fingerprint density at radius 1 is 1.30 bits per heavy atom. The molecule has 0 spiro atoms. The summed E-state index contributed by atoms with van der Waals surface area (Å²) in [6, 6.07) is 3.15. The highest BCUT2D eigenvalue weighted by atomic mass is 19.4.